The highest BCUT2D eigenvalue weighted by atomic mass is 16.2. The number of carbonyl (C=O) groups excluding carboxylic acids is 1. The monoisotopic (exact) mass is 255 g/mol. The molecule has 18 heavy (non-hydrogen) atoms. The Balaban J connectivity index is 2.30. The summed E-state index contributed by atoms with van der Waals surface area (Å²) >= 11 is 0. The molecule has 2 amide bonds. The molecule has 0 bridgehead atoms. The van der Waals surface area contributed by atoms with Crippen molar-refractivity contribution in [3.63, 3.8) is 0 Å². The Morgan fingerprint density at radius 1 is 1.28 bits per heavy atom. The molecule has 1 aliphatic rings. The van der Waals surface area contributed by atoms with E-state index in [1.54, 1.807) is 4.90 Å². The van der Waals surface area contributed by atoms with Crippen molar-refractivity contribution >= 4 is 6.03 Å². The SMILES string of the molecule is CCCCC(CCC)NC1CCN(C(N)=O)CC1. The van der Waals surface area contributed by atoms with Crippen LogP contribution in [-0.4, -0.2) is 36.1 Å². The molecule has 1 atom stereocenters. The van der Waals surface area contributed by atoms with Gasteiger partial charge >= 0.3 is 6.03 Å². The fourth-order valence-corrected chi connectivity index (χ4v) is 2.71. The summed E-state index contributed by atoms with van der Waals surface area (Å²) in [6.07, 6.45) is 8.42. The van der Waals surface area contributed by atoms with Crippen LogP contribution in [0.3, 0.4) is 0 Å². The zero-order valence-electron chi connectivity index (χ0n) is 12.0. The molecule has 4 nitrogen and oxygen atoms in total. The van der Waals surface area contributed by atoms with E-state index in [1.807, 2.05) is 0 Å². The molecule has 3 N–H and O–H groups in total. The zero-order chi connectivity index (χ0) is 13.4. The molecular formula is C14H29N3O. The van der Waals surface area contributed by atoms with Crippen LogP contribution in [-0.2, 0) is 0 Å². The minimum atomic E-state index is -0.274. The molecule has 1 unspecified atom stereocenters. The van der Waals surface area contributed by atoms with Gasteiger partial charge in [0, 0.05) is 25.2 Å². The second kappa shape index (κ2) is 8.35. The van der Waals surface area contributed by atoms with Gasteiger partial charge in [0.2, 0.25) is 0 Å². The van der Waals surface area contributed by atoms with Gasteiger partial charge in [-0.05, 0) is 25.7 Å². The van der Waals surface area contributed by atoms with E-state index >= 15 is 0 Å². The van der Waals surface area contributed by atoms with Crippen molar-refractivity contribution in [2.45, 2.75) is 70.9 Å². The Labute approximate surface area is 111 Å². The van der Waals surface area contributed by atoms with Crippen molar-refractivity contribution in [3.8, 4) is 0 Å². The summed E-state index contributed by atoms with van der Waals surface area (Å²) in [4.78, 5) is 12.8. The summed E-state index contributed by atoms with van der Waals surface area (Å²) in [5.41, 5.74) is 5.29. The number of likely N-dealkylation sites (tertiary alicyclic amines) is 1. The summed E-state index contributed by atoms with van der Waals surface area (Å²) in [6, 6.07) is 0.943. The first-order valence-corrected chi connectivity index (χ1v) is 7.47. The van der Waals surface area contributed by atoms with Gasteiger partial charge in [0.05, 0.1) is 0 Å². The molecule has 0 radical (unpaired) electrons. The fourth-order valence-electron chi connectivity index (χ4n) is 2.71. The van der Waals surface area contributed by atoms with E-state index in [0.29, 0.717) is 12.1 Å². The van der Waals surface area contributed by atoms with Gasteiger partial charge < -0.3 is 16.0 Å². The minimum Gasteiger partial charge on any atom is -0.351 e. The number of nitrogens with two attached hydrogens (primary N) is 1. The molecule has 0 aliphatic carbocycles. The fraction of sp³-hybridized carbons (Fsp3) is 0.929. The Hall–Kier alpha value is -0.770. The Bertz CT molecular complexity index is 237. The van der Waals surface area contributed by atoms with E-state index < -0.39 is 0 Å². The lowest BCUT2D eigenvalue weighted by Crippen LogP contribution is -2.49. The molecule has 1 saturated heterocycles. The van der Waals surface area contributed by atoms with Crippen LogP contribution in [0.25, 0.3) is 0 Å². The molecule has 0 aromatic rings. The van der Waals surface area contributed by atoms with Crippen LogP contribution >= 0.6 is 0 Å². The third kappa shape index (κ3) is 5.25. The average molecular weight is 255 g/mol. The Morgan fingerprint density at radius 2 is 1.94 bits per heavy atom. The first-order chi connectivity index (χ1) is 8.67. The van der Waals surface area contributed by atoms with Crippen LogP contribution < -0.4 is 11.1 Å². The lowest BCUT2D eigenvalue weighted by atomic mass is 10.00. The number of unbranched alkanes of at least 4 members (excludes halogenated alkanes) is 1. The summed E-state index contributed by atoms with van der Waals surface area (Å²) in [7, 11) is 0. The molecule has 1 rings (SSSR count). The van der Waals surface area contributed by atoms with Crippen LogP contribution in [0.1, 0.15) is 58.8 Å². The molecule has 4 heteroatoms. The second-order valence-electron chi connectivity index (χ2n) is 5.39. The van der Waals surface area contributed by atoms with Gasteiger partial charge in [-0.3, -0.25) is 0 Å². The summed E-state index contributed by atoms with van der Waals surface area (Å²) < 4.78 is 0. The van der Waals surface area contributed by atoms with Gasteiger partial charge in [0.25, 0.3) is 0 Å². The molecule has 0 aromatic carbocycles. The molecule has 1 heterocycles. The number of carbonyl (C=O) groups is 1. The zero-order valence-corrected chi connectivity index (χ0v) is 12.0. The smallest absolute Gasteiger partial charge is 0.314 e. The Kier molecular flexibility index (Phi) is 7.09. The van der Waals surface area contributed by atoms with Crippen LogP contribution in [0.2, 0.25) is 0 Å². The quantitative estimate of drug-likeness (QED) is 0.734. The number of nitrogens with zero attached hydrogens (tertiary/aromatic N) is 1. The lowest BCUT2D eigenvalue weighted by Gasteiger charge is -2.33. The number of piperidine rings is 1. The molecule has 0 aromatic heterocycles. The van der Waals surface area contributed by atoms with E-state index in [1.165, 1.54) is 32.1 Å². The number of nitrogens with one attached hydrogen (secondary N) is 1. The van der Waals surface area contributed by atoms with Gasteiger partial charge in [-0.15, -0.1) is 0 Å². The van der Waals surface area contributed by atoms with Crippen LogP contribution in [0.4, 0.5) is 4.79 Å². The lowest BCUT2D eigenvalue weighted by molar-refractivity contribution is 0.181. The highest BCUT2D eigenvalue weighted by Crippen LogP contribution is 2.14. The number of hydrogen-bond donors (Lipinski definition) is 2. The number of urea groups is 1. The second-order valence-corrected chi connectivity index (χ2v) is 5.39. The maximum Gasteiger partial charge on any atom is 0.314 e. The van der Waals surface area contributed by atoms with Gasteiger partial charge in [-0.2, -0.15) is 0 Å². The van der Waals surface area contributed by atoms with Crippen molar-refractivity contribution in [2.75, 3.05) is 13.1 Å². The summed E-state index contributed by atoms with van der Waals surface area (Å²) in [5, 5.41) is 3.77. The third-order valence-electron chi connectivity index (χ3n) is 3.82. The van der Waals surface area contributed by atoms with Crippen molar-refractivity contribution < 1.29 is 4.79 Å². The normalized spacial score (nSPS) is 18.9. The predicted octanol–water partition coefficient (Wildman–Crippen LogP) is 2.48. The van der Waals surface area contributed by atoms with E-state index in [0.717, 1.165) is 25.9 Å². The first kappa shape index (κ1) is 15.3. The van der Waals surface area contributed by atoms with Crippen molar-refractivity contribution in [2.24, 2.45) is 5.73 Å². The number of primary amides is 1. The third-order valence-corrected chi connectivity index (χ3v) is 3.82. The van der Waals surface area contributed by atoms with Gasteiger partial charge in [-0.25, -0.2) is 4.79 Å². The molecule has 0 spiro atoms. The standard InChI is InChI=1S/C14H29N3O/c1-3-5-7-12(6-4-2)16-13-8-10-17(11-9-13)14(15)18/h12-13,16H,3-11H2,1-2H3,(H2,15,18). The van der Waals surface area contributed by atoms with E-state index in [-0.39, 0.29) is 6.03 Å². The topological polar surface area (TPSA) is 58.4 Å². The molecule has 106 valence electrons. The Morgan fingerprint density at radius 3 is 2.44 bits per heavy atom. The van der Waals surface area contributed by atoms with Crippen molar-refractivity contribution in [1.82, 2.24) is 10.2 Å². The average Bonchev–Trinajstić information content (AvgIpc) is 2.37. The van der Waals surface area contributed by atoms with Crippen LogP contribution in [0.15, 0.2) is 0 Å². The largest absolute Gasteiger partial charge is 0.351 e. The molecule has 0 saturated carbocycles. The summed E-state index contributed by atoms with van der Waals surface area (Å²) in [5.74, 6) is 0. The van der Waals surface area contributed by atoms with Crippen molar-refractivity contribution in [1.29, 1.82) is 0 Å². The predicted molar refractivity (Wildman–Crippen MR) is 75.5 cm³/mol. The minimum absolute atomic E-state index is 0.274. The highest BCUT2D eigenvalue weighted by Gasteiger charge is 2.22. The van der Waals surface area contributed by atoms with E-state index in [9.17, 15) is 4.79 Å². The molecular weight excluding hydrogens is 226 g/mol. The van der Waals surface area contributed by atoms with Crippen LogP contribution in [0, 0.1) is 0 Å². The van der Waals surface area contributed by atoms with Crippen LogP contribution in [0.5, 0.6) is 0 Å². The van der Waals surface area contributed by atoms with Gasteiger partial charge in [0.1, 0.15) is 0 Å². The van der Waals surface area contributed by atoms with Gasteiger partial charge in [0.15, 0.2) is 0 Å². The van der Waals surface area contributed by atoms with Crippen molar-refractivity contribution in [3.05, 3.63) is 0 Å². The number of amides is 2. The number of rotatable bonds is 7. The molecule has 1 fully saturated rings. The maximum absolute atomic E-state index is 11.1. The van der Waals surface area contributed by atoms with E-state index in [4.69, 9.17) is 5.73 Å². The summed E-state index contributed by atoms with van der Waals surface area (Å²) in [6.45, 7) is 6.10. The highest BCUT2D eigenvalue weighted by molar-refractivity contribution is 5.72. The number of hydrogen-bond acceptors (Lipinski definition) is 2. The maximum atomic E-state index is 11.1. The molecule has 1 aliphatic heterocycles. The first-order valence-electron chi connectivity index (χ1n) is 7.47. The van der Waals surface area contributed by atoms with E-state index in [2.05, 4.69) is 19.2 Å². The van der Waals surface area contributed by atoms with Gasteiger partial charge in [-0.1, -0.05) is 33.1 Å².